The van der Waals surface area contributed by atoms with Crippen LogP contribution in [-0.4, -0.2) is 6.61 Å². The molecule has 0 bridgehead atoms. The highest BCUT2D eigenvalue weighted by molar-refractivity contribution is 5.35. The van der Waals surface area contributed by atoms with Crippen LogP contribution in [0.15, 0.2) is 36.4 Å². The predicted molar refractivity (Wildman–Crippen MR) is 159 cm³/mol. The van der Waals surface area contributed by atoms with E-state index in [9.17, 15) is 8.78 Å². The van der Waals surface area contributed by atoms with E-state index in [2.05, 4.69) is 31.2 Å². The number of hydrogen-bond acceptors (Lipinski definition) is 2. The lowest BCUT2D eigenvalue weighted by molar-refractivity contribution is 0.0712. The average Bonchev–Trinajstić information content (AvgIpc) is 2.99. The fourth-order valence-electron chi connectivity index (χ4n) is 8.12. The van der Waals surface area contributed by atoms with Crippen LogP contribution in [0.5, 0.6) is 11.5 Å². The molecule has 0 heterocycles. The lowest BCUT2D eigenvalue weighted by Crippen LogP contribution is -2.34. The summed E-state index contributed by atoms with van der Waals surface area (Å²) < 4.78 is 39.9. The van der Waals surface area contributed by atoms with E-state index < -0.39 is 11.6 Å². The van der Waals surface area contributed by atoms with Crippen molar-refractivity contribution >= 4 is 0 Å². The van der Waals surface area contributed by atoms with Crippen LogP contribution in [0.1, 0.15) is 121 Å². The Morgan fingerprint density at radius 2 is 1.25 bits per heavy atom. The summed E-state index contributed by atoms with van der Waals surface area (Å²) in [4.78, 5) is 0. The maximum atomic E-state index is 14.5. The zero-order valence-corrected chi connectivity index (χ0v) is 24.8. The van der Waals surface area contributed by atoms with Crippen LogP contribution >= 0.6 is 0 Å². The normalized spacial score (nSPS) is 28.6. The Morgan fingerprint density at radius 3 is 1.93 bits per heavy atom. The maximum absolute atomic E-state index is 14.5. The van der Waals surface area contributed by atoms with Gasteiger partial charge in [0, 0.05) is 0 Å². The summed E-state index contributed by atoms with van der Waals surface area (Å²) in [6.45, 7) is 4.95. The lowest BCUT2D eigenvalue weighted by atomic mass is 9.60. The lowest BCUT2D eigenvalue weighted by Gasteiger charge is -2.45. The molecule has 3 fully saturated rings. The van der Waals surface area contributed by atoms with Crippen molar-refractivity contribution in [3.05, 3.63) is 59.2 Å². The van der Waals surface area contributed by atoms with E-state index in [0.29, 0.717) is 12.5 Å². The first-order valence-corrected chi connectivity index (χ1v) is 16.4. The molecule has 4 heteroatoms. The number of ether oxygens (including phenoxy) is 2. The number of unbranched alkanes of at least 4 members (excludes halogenated alkanes) is 1. The fourth-order valence-corrected chi connectivity index (χ4v) is 8.12. The molecule has 3 aliphatic rings. The van der Waals surface area contributed by atoms with Gasteiger partial charge in [0.15, 0.2) is 11.5 Å². The third-order valence-electron chi connectivity index (χ3n) is 10.5. The second-order valence-electron chi connectivity index (χ2n) is 13.1. The van der Waals surface area contributed by atoms with E-state index >= 15 is 0 Å². The van der Waals surface area contributed by atoms with Crippen LogP contribution in [0.25, 0.3) is 0 Å². The summed E-state index contributed by atoms with van der Waals surface area (Å²) in [6.07, 6.45) is 18.9. The Balaban J connectivity index is 1.09. The molecule has 40 heavy (non-hydrogen) atoms. The summed E-state index contributed by atoms with van der Waals surface area (Å²) >= 11 is 0. The zero-order valence-electron chi connectivity index (χ0n) is 24.8. The van der Waals surface area contributed by atoms with Gasteiger partial charge < -0.3 is 9.47 Å². The Hall–Kier alpha value is -2.10. The van der Waals surface area contributed by atoms with Gasteiger partial charge in [0.05, 0.1) is 6.61 Å². The molecule has 0 saturated heterocycles. The molecule has 3 saturated carbocycles. The van der Waals surface area contributed by atoms with Gasteiger partial charge in [0.2, 0.25) is 11.6 Å². The molecule has 0 N–H and O–H groups in total. The molecule has 3 aliphatic carbocycles. The van der Waals surface area contributed by atoms with Gasteiger partial charge in [0.1, 0.15) is 6.61 Å². The average molecular weight is 553 g/mol. The van der Waals surface area contributed by atoms with Gasteiger partial charge in [-0.1, -0.05) is 70.2 Å². The van der Waals surface area contributed by atoms with Crippen molar-refractivity contribution in [2.24, 2.45) is 29.6 Å². The van der Waals surface area contributed by atoms with E-state index in [1.54, 1.807) is 0 Å². The number of hydrogen-bond donors (Lipinski definition) is 0. The van der Waals surface area contributed by atoms with Crippen LogP contribution in [0.2, 0.25) is 0 Å². The maximum Gasteiger partial charge on any atom is 0.204 e. The number of benzene rings is 2. The quantitative estimate of drug-likeness (QED) is 0.258. The molecule has 0 aromatic heterocycles. The Labute approximate surface area is 241 Å². The smallest absolute Gasteiger partial charge is 0.204 e. The Kier molecular flexibility index (Phi) is 10.4. The van der Waals surface area contributed by atoms with Gasteiger partial charge in [-0.3, -0.25) is 0 Å². The molecule has 2 nitrogen and oxygen atoms in total. The van der Waals surface area contributed by atoms with Crippen molar-refractivity contribution in [1.29, 1.82) is 0 Å². The van der Waals surface area contributed by atoms with Gasteiger partial charge in [-0.2, -0.15) is 8.78 Å². The number of halogens is 2. The minimum absolute atomic E-state index is 0.0552. The van der Waals surface area contributed by atoms with E-state index in [0.717, 1.165) is 48.0 Å². The third-order valence-corrected chi connectivity index (χ3v) is 10.5. The molecule has 5 rings (SSSR count). The number of rotatable bonds is 11. The molecule has 220 valence electrons. The van der Waals surface area contributed by atoms with Gasteiger partial charge in [-0.25, -0.2) is 0 Å². The van der Waals surface area contributed by atoms with Crippen molar-refractivity contribution in [3.63, 3.8) is 0 Å². The predicted octanol–water partition coefficient (Wildman–Crippen LogP) is 10.6. The molecular formula is C36H50F2O2. The SMILES string of the molecule is CCCCOc1ccc(OCc2ccc(C3CCC4CC(C5CCC(CCC)CC5)CCC4C3)cc2)c(F)c1F. The second kappa shape index (κ2) is 14.2. The fraction of sp³-hybridized carbons (Fsp3) is 0.667. The zero-order chi connectivity index (χ0) is 27.9. The van der Waals surface area contributed by atoms with E-state index in [-0.39, 0.29) is 18.1 Å². The van der Waals surface area contributed by atoms with E-state index in [1.165, 1.54) is 94.7 Å². The summed E-state index contributed by atoms with van der Waals surface area (Å²) in [6, 6.07) is 11.5. The molecule has 2 aromatic carbocycles. The monoisotopic (exact) mass is 552 g/mol. The first-order chi connectivity index (χ1) is 19.6. The molecule has 0 radical (unpaired) electrons. The molecular weight excluding hydrogens is 502 g/mol. The summed E-state index contributed by atoms with van der Waals surface area (Å²) in [5, 5.41) is 0. The largest absolute Gasteiger partial charge is 0.490 e. The summed E-state index contributed by atoms with van der Waals surface area (Å²) in [5.74, 6) is 3.38. The van der Waals surface area contributed by atoms with Gasteiger partial charge in [-0.05, 0) is 117 Å². The summed E-state index contributed by atoms with van der Waals surface area (Å²) in [7, 11) is 0. The second-order valence-corrected chi connectivity index (χ2v) is 13.1. The highest BCUT2D eigenvalue weighted by atomic mass is 19.2. The molecule has 4 unspecified atom stereocenters. The third kappa shape index (κ3) is 7.21. The molecule has 0 spiro atoms. The highest BCUT2D eigenvalue weighted by Crippen LogP contribution is 2.51. The van der Waals surface area contributed by atoms with Gasteiger partial charge >= 0.3 is 0 Å². The van der Waals surface area contributed by atoms with Crippen LogP contribution in [0, 0.1) is 41.2 Å². The molecule has 0 aliphatic heterocycles. The van der Waals surface area contributed by atoms with Crippen LogP contribution in [0.3, 0.4) is 0 Å². The van der Waals surface area contributed by atoms with Crippen molar-refractivity contribution in [1.82, 2.24) is 0 Å². The highest BCUT2D eigenvalue weighted by Gasteiger charge is 2.39. The van der Waals surface area contributed by atoms with Crippen LogP contribution < -0.4 is 9.47 Å². The van der Waals surface area contributed by atoms with Gasteiger partial charge in [0.25, 0.3) is 0 Å². The molecule has 4 atom stereocenters. The van der Waals surface area contributed by atoms with Crippen molar-refractivity contribution < 1.29 is 18.3 Å². The first-order valence-electron chi connectivity index (χ1n) is 16.4. The molecule has 0 amide bonds. The van der Waals surface area contributed by atoms with E-state index in [4.69, 9.17) is 9.47 Å². The Morgan fingerprint density at radius 1 is 0.650 bits per heavy atom. The summed E-state index contributed by atoms with van der Waals surface area (Å²) in [5.41, 5.74) is 2.39. The van der Waals surface area contributed by atoms with Crippen molar-refractivity contribution in [3.8, 4) is 11.5 Å². The molecule has 2 aromatic rings. The van der Waals surface area contributed by atoms with Crippen molar-refractivity contribution in [2.75, 3.05) is 6.61 Å². The van der Waals surface area contributed by atoms with Crippen molar-refractivity contribution in [2.45, 2.75) is 116 Å². The van der Waals surface area contributed by atoms with Crippen LogP contribution in [0.4, 0.5) is 8.78 Å². The minimum Gasteiger partial charge on any atom is -0.490 e. The minimum atomic E-state index is -0.985. The topological polar surface area (TPSA) is 18.5 Å². The van der Waals surface area contributed by atoms with E-state index in [1.807, 2.05) is 6.92 Å². The van der Waals surface area contributed by atoms with Gasteiger partial charge in [-0.15, -0.1) is 0 Å². The first kappa shape index (κ1) is 29.4. The Bertz CT molecular complexity index is 1060. The standard InChI is InChI=1S/C36H50F2O2/c1-3-5-21-39-33-19-20-34(36(38)35(33)37)40-24-26-9-13-28(14-10-26)30-16-18-31-22-29(15-17-32(31)23-30)27-11-7-25(6-4-2)8-12-27/h9-10,13-14,19-20,25,27,29-32H,3-8,11-12,15-18,21-24H2,1-2H3. The van der Waals surface area contributed by atoms with Crippen LogP contribution in [-0.2, 0) is 6.61 Å². The number of fused-ring (bicyclic) bond motifs is 1.